The van der Waals surface area contributed by atoms with Gasteiger partial charge in [0, 0.05) is 36.6 Å². The highest BCUT2D eigenvalue weighted by molar-refractivity contribution is 7.08. The minimum Gasteiger partial charge on any atom is -0.379 e. The third-order valence-corrected chi connectivity index (χ3v) is 4.97. The summed E-state index contributed by atoms with van der Waals surface area (Å²) in [6.07, 6.45) is 0. The smallest absolute Gasteiger partial charge is 0.186 e. The molecule has 4 heterocycles. The monoisotopic (exact) mass is 344 g/mol. The van der Waals surface area contributed by atoms with Crippen molar-refractivity contribution in [1.29, 1.82) is 0 Å². The Balaban J connectivity index is 1.49. The summed E-state index contributed by atoms with van der Waals surface area (Å²) in [5.41, 5.74) is 1.79. The van der Waals surface area contributed by atoms with Gasteiger partial charge in [0.2, 0.25) is 0 Å². The van der Waals surface area contributed by atoms with Crippen LogP contribution in [0.4, 0.5) is 5.82 Å². The van der Waals surface area contributed by atoms with E-state index in [9.17, 15) is 0 Å². The average molecular weight is 344 g/mol. The fourth-order valence-electron chi connectivity index (χ4n) is 2.85. The van der Waals surface area contributed by atoms with Crippen molar-refractivity contribution in [3.05, 3.63) is 29.0 Å². The number of aromatic nitrogens is 4. The standard InChI is InChI=1S/C16H20N6OS/c1-12(21-5-7-23-8-6-21)10-17-14-2-3-15-18-19-16(22(15)20-14)13-4-9-24-11-13/h2-4,9,11-12H,5-8,10H2,1H3,(H,17,20). The number of ether oxygens (including phenoxy) is 1. The molecule has 1 aliphatic heterocycles. The summed E-state index contributed by atoms with van der Waals surface area (Å²) in [5.74, 6) is 1.61. The predicted molar refractivity (Wildman–Crippen MR) is 94.4 cm³/mol. The van der Waals surface area contributed by atoms with E-state index in [-0.39, 0.29) is 0 Å². The minimum absolute atomic E-state index is 0.434. The highest BCUT2D eigenvalue weighted by atomic mass is 32.1. The van der Waals surface area contributed by atoms with Gasteiger partial charge >= 0.3 is 0 Å². The predicted octanol–water partition coefficient (Wildman–Crippen LogP) is 1.99. The van der Waals surface area contributed by atoms with Crippen LogP contribution in [0.3, 0.4) is 0 Å². The Morgan fingerprint density at radius 1 is 1.25 bits per heavy atom. The number of fused-ring (bicyclic) bond motifs is 1. The molecule has 0 radical (unpaired) electrons. The summed E-state index contributed by atoms with van der Waals surface area (Å²) in [7, 11) is 0. The molecule has 1 aliphatic rings. The van der Waals surface area contributed by atoms with Crippen molar-refractivity contribution < 1.29 is 4.74 Å². The highest BCUT2D eigenvalue weighted by Gasteiger charge is 2.17. The second-order valence-corrected chi connectivity index (χ2v) is 6.68. The maximum atomic E-state index is 5.41. The summed E-state index contributed by atoms with van der Waals surface area (Å²) < 4.78 is 7.21. The summed E-state index contributed by atoms with van der Waals surface area (Å²) >= 11 is 1.64. The average Bonchev–Trinajstić information content (AvgIpc) is 3.29. The van der Waals surface area contributed by atoms with Gasteiger partial charge in [0.05, 0.1) is 13.2 Å². The normalized spacial score (nSPS) is 17.2. The van der Waals surface area contributed by atoms with Crippen molar-refractivity contribution in [2.45, 2.75) is 13.0 Å². The molecule has 0 saturated carbocycles. The quantitative estimate of drug-likeness (QED) is 0.763. The molecule has 126 valence electrons. The van der Waals surface area contributed by atoms with Crippen molar-refractivity contribution in [2.75, 3.05) is 38.2 Å². The Morgan fingerprint density at radius 2 is 2.12 bits per heavy atom. The fourth-order valence-corrected chi connectivity index (χ4v) is 3.49. The maximum absolute atomic E-state index is 5.41. The molecule has 7 nitrogen and oxygen atoms in total. The summed E-state index contributed by atoms with van der Waals surface area (Å²) in [4.78, 5) is 2.44. The first-order valence-electron chi connectivity index (χ1n) is 8.12. The molecular weight excluding hydrogens is 324 g/mol. The van der Waals surface area contributed by atoms with Gasteiger partial charge in [-0.05, 0) is 30.5 Å². The van der Waals surface area contributed by atoms with Crippen LogP contribution in [-0.4, -0.2) is 63.6 Å². The minimum atomic E-state index is 0.434. The molecule has 8 heteroatoms. The number of hydrogen-bond donors (Lipinski definition) is 1. The molecule has 0 spiro atoms. The van der Waals surface area contributed by atoms with Crippen LogP contribution in [-0.2, 0) is 4.74 Å². The summed E-state index contributed by atoms with van der Waals surface area (Å²) in [6, 6.07) is 6.36. The van der Waals surface area contributed by atoms with Crippen LogP contribution in [0.1, 0.15) is 6.92 Å². The number of hydrogen-bond acceptors (Lipinski definition) is 7. The van der Waals surface area contributed by atoms with E-state index in [1.165, 1.54) is 0 Å². The van der Waals surface area contributed by atoms with Gasteiger partial charge in [0.25, 0.3) is 0 Å². The van der Waals surface area contributed by atoms with E-state index in [1.54, 1.807) is 15.9 Å². The second kappa shape index (κ2) is 6.84. The SMILES string of the molecule is CC(CNc1ccc2nnc(-c3ccsc3)n2n1)N1CCOCC1. The Labute approximate surface area is 144 Å². The zero-order chi connectivity index (χ0) is 16.4. The lowest BCUT2D eigenvalue weighted by Gasteiger charge is -2.32. The van der Waals surface area contributed by atoms with Crippen LogP contribution in [0.2, 0.25) is 0 Å². The van der Waals surface area contributed by atoms with Crippen LogP contribution in [0, 0.1) is 0 Å². The molecule has 0 aliphatic carbocycles. The first-order chi connectivity index (χ1) is 11.8. The zero-order valence-electron chi connectivity index (χ0n) is 13.6. The van der Waals surface area contributed by atoms with Gasteiger partial charge in [-0.2, -0.15) is 15.9 Å². The zero-order valence-corrected chi connectivity index (χ0v) is 14.4. The molecule has 0 amide bonds. The second-order valence-electron chi connectivity index (χ2n) is 5.90. The lowest BCUT2D eigenvalue weighted by atomic mass is 10.2. The Kier molecular flexibility index (Phi) is 4.42. The van der Waals surface area contributed by atoms with Gasteiger partial charge in [0.1, 0.15) is 5.82 Å². The van der Waals surface area contributed by atoms with Crippen LogP contribution >= 0.6 is 11.3 Å². The number of nitrogens with zero attached hydrogens (tertiary/aromatic N) is 5. The highest BCUT2D eigenvalue weighted by Crippen LogP contribution is 2.20. The number of thiophene rings is 1. The van der Waals surface area contributed by atoms with E-state index in [4.69, 9.17) is 4.74 Å². The van der Waals surface area contributed by atoms with Crippen molar-refractivity contribution in [2.24, 2.45) is 0 Å². The van der Waals surface area contributed by atoms with Gasteiger partial charge < -0.3 is 10.1 Å². The largest absolute Gasteiger partial charge is 0.379 e. The van der Waals surface area contributed by atoms with E-state index < -0.39 is 0 Å². The number of nitrogens with one attached hydrogen (secondary N) is 1. The fraction of sp³-hybridized carbons (Fsp3) is 0.438. The molecular formula is C16H20N6OS. The molecule has 1 N–H and O–H groups in total. The molecule has 3 aromatic rings. The molecule has 1 fully saturated rings. The number of rotatable bonds is 5. The van der Waals surface area contributed by atoms with Gasteiger partial charge in [0.15, 0.2) is 11.5 Å². The number of morpholine rings is 1. The van der Waals surface area contributed by atoms with Crippen LogP contribution in [0.5, 0.6) is 0 Å². The summed E-state index contributed by atoms with van der Waals surface area (Å²) in [5, 5.41) is 20.6. The third kappa shape index (κ3) is 3.12. The maximum Gasteiger partial charge on any atom is 0.186 e. The van der Waals surface area contributed by atoms with Crippen LogP contribution in [0.15, 0.2) is 29.0 Å². The Hall–Kier alpha value is -2.03. The molecule has 4 rings (SSSR count). The van der Waals surface area contributed by atoms with Gasteiger partial charge in [-0.1, -0.05) is 0 Å². The molecule has 3 aromatic heterocycles. The molecule has 1 saturated heterocycles. The first-order valence-corrected chi connectivity index (χ1v) is 9.06. The molecule has 1 unspecified atom stereocenters. The lowest BCUT2D eigenvalue weighted by molar-refractivity contribution is 0.0227. The van der Waals surface area contributed by atoms with Gasteiger partial charge in [-0.3, -0.25) is 4.90 Å². The van der Waals surface area contributed by atoms with Crippen molar-refractivity contribution >= 4 is 22.8 Å². The third-order valence-electron chi connectivity index (χ3n) is 4.29. The van der Waals surface area contributed by atoms with Gasteiger partial charge in [-0.15, -0.1) is 15.3 Å². The Bertz CT molecular complexity index is 796. The van der Waals surface area contributed by atoms with Crippen LogP contribution in [0.25, 0.3) is 17.0 Å². The van der Waals surface area contributed by atoms with Crippen molar-refractivity contribution in [3.63, 3.8) is 0 Å². The Morgan fingerprint density at radius 3 is 2.92 bits per heavy atom. The molecule has 24 heavy (non-hydrogen) atoms. The molecule has 0 aromatic carbocycles. The molecule has 1 atom stereocenters. The van der Waals surface area contributed by atoms with E-state index >= 15 is 0 Å². The van der Waals surface area contributed by atoms with Gasteiger partial charge in [-0.25, -0.2) is 0 Å². The van der Waals surface area contributed by atoms with E-state index in [2.05, 4.69) is 37.8 Å². The van der Waals surface area contributed by atoms with Crippen molar-refractivity contribution in [3.8, 4) is 11.4 Å². The van der Waals surface area contributed by atoms with Crippen molar-refractivity contribution in [1.82, 2.24) is 24.7 Å². The van der Waals surface area contributed by atoms with E-state index in [0.717, 1.165) is 55.7 Å². The first kappa shape index (κ1) is 15.5. The molecule has 0 bridgehead atoms. The lowest BCUT2D eigenvalue weighted by Crippen LogP contribution is -2.45. The number of anilines is 1. The van der Waals surface area contributed by atoms with E-state index in [1.807, 2.05) is 23.6 Å². The topological polar surface area (TPSA) is 67.6 Å². The van der Waals surface area contributed by atoms with Crippen LogP contribution < -0.4 is 5.32 Å². The summed E-state index contributed by atoms with van der Waals surface area (Å²) in [6.45, 7) is 6.69. The van der Waals surface area contributed by atoms with E-state index in [0.29, 0.717) is 6.04 Å².